The summed E-state index contributed by atoms with van der Waals surface area (Å²) in [6.45, 7) is 6.07. The van der Waals surface area contributed by atoms with Crippen LogP contribution in [0.1, 0.15) is 31.3 Å². The first-order valence-electron chi connectivity index (χ1n) is 5.04. The van der Waals surface area contributed by atoms with Gasteiger partial charge in [0.1, 0.15) is 11.5 Å². The molecule has 1 aromatic heterocycles. The van der Waals surface area contributed by atoms with E-state index >= 15 is 0 Å². The van der Waals surface area contributed by atoms with E-state index in [2.05, 4.69) is 24.1 Å². The van der Waals surface area contributed by atoms with Gasteiger partial charge in [0, 0.05) is 6.04 Å². The molecular weight excluding hydrogens is 226 g/mol. The second kappa shape index (κ2) is 6.33. The minimum atomic E-state index is -0.177. The fourth-order valence-electron chi connectivity index (χ4n) is 1.03. The molecule has 1 heterocycles. The summed E-state index contributed by atoms with van der Waals surface area (Å²) in [4.78, 5) is 15.6. The molecule has 0 aromatic carbocycles. The van der Waals surface area contributed by atoms with Crippen molar-refractivity contribution < 1.29 is 4.79 Å². The maximum Gasteiger partial charge on any atom is 0.270 e. The third-order valence-corrected chi connectivity index (χ3v) is 2.36. The van der Waals surface area contributed by atoms with Crippen LogP contribution in [-0.2, 0) is 0 Å². The maximum absolute atomic E-state index is 11.7. The zero-order chi connectivity index (χ0) is 11.4. The number of hydrogen-bond donors (Lipinski definition) is 2. The van der Waals surface area contributed by atoms with Gasteiger partial charge in [0.2, 0.25) is 0 Å². The number of aromatic nitrogens is 1. The van der Waals surface area contributed by atoms with E-state index in [1.807, 2.05) is 6.92 Å². The number of nitrogens with one attached hydrogen (secondary N) is 1. The summed E-state index contributed by atoms with van der Waals surface area (Å²) in [5.74, 6) is 0.582. The SMILES string of the molecule is CC(C)C(C)NC(=O)c1cccc(N)n1.Cl. The fourth-order valence-corrected chi connectivity index (χ4v) is 1.03. The second-order valence-electron chi connectivity index (χ2n) is 3.95. The van der Waals surface area contributed by atoms with E-state index in [0.717, 1.165) is 0 Å². The van der Waals surface area contributed by atoms with Gasteiger partial charge in [0.15, 0.2) is 0 Å². The van der Waals surface area contributed by atoms with E-state index in [0.29, 0.717) is 17.4 Å². The topological polar surface area (TPSA) is 68.0 Å². The van der Waals surface area contributed by atoms with Crippen molar-refractivity contribution in [1.82, 2.24) is 10.3 Å². The van der Waals surface area contributed by atoms with Crippen LogP contribution < -0.4 is 11.1 Å². The summed E-state index contributed by atoms with van der Waals surface area (Å²) < 4.78 is 0. The van der Waals surface area contributed by atoms with Crippen LogP contribution in [0.25, 0.3) is 0 Å². The van der Waals surface area contributed by atoms with Crippen LogP contribution in [0, 0.1) is 5.92 Å². The molecule has 5 heteroatoms. The van der Waals surface area contributed by atoms with Gasteiger partial charge in [0.05, 0.1) is 0 Å². The van der Waals surface area contributed by atoms with Gasteiger partial charge >= 0.3 is 0 Å². The number of amides is 1. The molecule has 0 bridgehead atoms. The van der Waals surface area contributed by atoms with Crippen molar-refractivity contribution in [2.75, 3.05) is 5.73 Å². The number of carbonyl (C=O) groups excluding carboxylic acids is 1. The van der Waals surface area contributed by atoms with Crippen LogP contribution >= 0.6 is 12.4 Å². The Morgan fingerprint density at radius 1 is 1.38 bits per heavy atom. The highest BCUT2D eigenvalue weighted by Gasteiger charge is 2.13. The molecule has 1 unspecified atom stereocenters. The van der Waals surface area contributed by atoms with E-state index in [9.17, 15) is 4.79 Å². The Kier molecular flexibility index (Phi) is 5.82. The lowest BCUT2D eigenvalue weighted by molar-refractivity contribution is 0.0925. The maximum atomic E-state index is 11.7. The Morgan fingerprint density at radius 3 is 2.50 bits per heavy atom. The average Bonchev–Trinajstić information content (AvgIpc) is 2.17. The Morgan fingerprint density at radius 2 is 2.00 bits per heavy atom. The molecule has 0 aliphatic carbocycles. The number of anilines is 1. The van der Waals surface area contributed by atoms with Crippen molar-refractivity contribution in [3.8, 4) is 0 Å². The van der Waals surface area contributed by atoms with Crippen molar-refractivity contribution in [2.24, 2.45) is 5.92 Å². The smallest absolute Gasteiger partial charge is 0.270 e. The van der Waals surface area contributed by atoms with Gasteiger partial charge in [-0.15, -0.1) is 12.4 Å². The van der Waals surface area contributed by atoms with Crippen LogP contribution in [-0.4, -0.2) is 16.9 Å². The van der Waals surface area contributed by atoms with Crippen molar-refractivity contribution in [2.45, 2.75) is 26.8 Å². The zero-order valence-electron chi connectivity index (χ0n) is 9.73. The molecule has 4 nitrogen and oxygen atoms in total. The zero-order valence-corrected chi connectivity index (χ0v) is 10.5. The molecule has 0 spiro atoms. The van der Waals surface area contributed by atoms with E-state index in [1.165, 1.54) is 0 Å². The third kappa shape index (κ3) is 4.06. The normalized spacial score (nSPS) is 11.8. The molecule has 1 amide bonds. The minimum absolute atomic E-state index is 0. The molecule has 0 radical (unpaired) electrons. The molecule has 0 fully saturated rings. The lowest BCUT2D eigenvalue weighted by atomic mass is 10.1. The van der Waals surface area contributed by atoms with Crippen LogP contribution in [0.15, 0.2) is 18.2 Å². The summed E-state index contributed by atoms with van der Waals surface area (Å²) in [6, 6.07) is 5.15. The third-order valence-electron chi connectivity index (χ3n) is 2.36. The van der Waals surface area contributed by atoms with Gasteiger partial charge in [0.25, 0.3) is 5.91 Å². The van der Waals surface area contributed by atoms with Gasteiger partial charge in [-0.25, -0.2) is 4.98 Å². The number of nitrogen functional groups attached to an aromatic ring is 1. The monoisotopic (exact) mass is 243 g/mol. The molecule has 1 rings (SSSR count). The van der Waals surface area contributed by atoms with Crippen molar-refractivity contribution in [3.05, 3.63) is 23.9 Å². The van der Waals surface area contributed by atoms with E-state index in [1.54, 1.807) is 18.2 Å². The van der Waals surface area contributed by atoms with Gasteiger partial charge < -0.3 is 11.1 Å². The Hall–Kier alpha value is -1.29. The Bertz CT molecular complexity index is 355. The largest absolute Gasteiger partial charge is 0.384 e. The standard InChI is InChI=1S/C11H17N3O.ClH/c1-7(2)8(3)13-11(15)9-5-4-6-10(12)14-9;/h4-8H,1-3H3,(H2,12,14)(H,13,15);1H. The molecule has 0 saturated heterocycles. The van der Waals surface area contributed by atoms with Gasteiger partial charge in [-0.05, 0) is 25.0 Å². The molecule has 0 aliphatic rings. The number of pyridine rings is 1. The van der Waals surface area contributed by atoms with Crippen LogP contribution in [0.4, 0.5) is 5.82 Å². The van der Waals surface area contributed by atoms with Crippen molar-refractivity contribution >= 4 is 24.1 Å². The Labute approximate surface area is 102 Å². The van der Waals surface area contributed by atoms with E-state index in [4.69, 9.17) is 5.73 Å². The van der Waals surface area contributed by atoms with Crippen LogP contribution in [0.3, 0.4) is 0 Å². The second-order valence-corrected chi connectivity index (χ2v) is 3.95. The van der Waals surface area contributed by atoms with Gasteiger partial charge in [-0.1, -0.05) is 19.9 Å². The molecule has 1 atom stereocenters. The van der Waals surface area contributed by atoms with Crippen molar-refractivity contribution in [1.29, 1.82) is 0 Å². The predicted octanol–water partition coefficient (Wildman–Crippen LogP) is 1.86. The number of hydrogen-bond acceptors (Lipinski definition) is 3. The lowest BCUT2D eigenvalue weighted by Gasteiger charge is -2.16. The highest BCUT2D eigenvalue weighted by Crippen LogP contribution is 2.04. The molecule has 0 saturated carbocycles. The number of nitrogens with two attached hydrogens (primary N) is 1. The number of nitrogens with zero attached hydrogens (tertiary/aromatic N) is 1. The average molecular weight is 244 g/mol. The molecular formula is C11H18ClN3O. The van der Waals surface area contributed by atoms with Gasteiger partial charge in [-0.2, -0.15) is 0 Å². The molecule has 16 heavy (non-hydrogen) atoms. The highest BCUT2D eigenvalue weighted by molar-refractivity contribution is 5.92. The minimum Gasteiger partial charge on any atom is -0.384 e. The molecule has 90 valence electrons. The predicted molar refractivity (Wildman–Crippen MR) is 67.7 cm³/mol. The first kappa shape index (κ1) is 14.7. The summed E-state index contributed by atoms with van der Waals surface area (Å²) in [5, 5.41) is 2.87. The highest BCUT2D eigenvalue weighted by atomic mass is 35.5. The summed E-state index contributed by atoms with van der Waals surface area (Å²) in [6.07, 6.45) is 0. The molecule has 0 aliphatic heterocycles. The molecule has 3 N–H and O–H groups in total. The fraction of sp³-hybridized carbons (Fsp3) is 0.455. The molecule has 1 aromatic rings. The van der Waals surface area contributed by atoms with E-state index in [-0.39, 0.29) is 24.4 Å². The summed E-state index contributed by atoms with van der Waals surface area (Å²) in [7, 11) is 0. The quantitative estimate of drug-likeness (QED) is 0.852. The first-order chi connectivity index (χ1) is 7.00. The summed E-state index contributed by atoms with van der Waals surface area (Å²) in [5.41, 5.74) is 5.86. The number of halogens is 1. The number of rotatable bonds is 3. The van der Waals surface area contributed by atoms with Crippen LogP contribution in [0.2, 0.25) is 0 Å². The van der Waals surface area contributed by atoms with Crippen molar-refractivity contribution in [3.63, 3.8) is 0 Å². The number of carbonyl (C=O) groups is 1. The Balaban J connectivity index is 0.00000225. The van der Waals surface area contributed by atoms with Crippen LogP contribution in [0.5, 0.6) is 0 Å². The van der Waals surface area contributed by atoms with E-state index < -0.39 is 0 Å². The summed E-state index contributed by atoms with van der Waals surface area (Å²) >= 11 is 0. The lowest BCUT2D eigenvalue weighted by Crippen LogP contribution is -2.36. The van der Waals surface area contributed by atoms with Gasteiger partial charge in [-0.3, -0.25) is 4.79 Å². The first-order valence-corrected chi connectivity index (χ1v) is 5.04.